The Kier molecular flexibility index (Phi) is 10.4. The molecule has 2 heterocycles. The molecular weight excluding hydrogens is 464 g/mol. The number of allylic oxidation sites excluding steroid dienone is 4. The molecule has 7 heteroatoms. The molecule has 35 heavy (non-hydrogen) atoms. The van der Waals surface area contributed by atoms with Crippen LogP contribution < -0.4 is 0 Å². The maximum absolute atomic E-state index is 13.0. The maximum Gasteiger partial charge on any atom is 0.338 e. The third-order valence-electron chi connectivity index (χ3n) is 6.41. The third-order valence-corrected chi connectivity index (χ3v) is 6.94. The lowest BCUT2D eigenvalue weighted by atomic mass is 9.94. The minimum Gasteiger partial charge on any atom is -0.462 e. The second kappa shape index (κ2) is 13.5. The van der Waals surface area contributed by atoms with Crippen LogP contribution in [0.3, 0.4) is 0 Å². The average molecular weight is 501 g/mol. The number of hydrogen-bond donors (Lipinski definition) is 0. The van der Waals surface area contributed by atoms with Gasteiger partial charge in [0.25, 0.3) is 5.91 Å². The van der Waals surface area contributed by atoms with Gasteiger partial charge in [0.05, 0.1) is 17.9 Å². The van der Waals surface area contributed by atoms with Gasteiger partial charge in [-0.05, 0) is 81.1 Å². The van der Waals surface area contributed by atoms with E-state index < -0.39 is 0 Å². The summed E-state index contributed by atoms with van der Waals surface area (Å²) in [7, 11) is 0. The van der Waals surface area contributed by atoms with Gasteiger partial charge in [-0.15, -0.1) is 0 Å². The molecule has 0 N–H and O–H groups in total. The minimum absolute atomic E-state index is 0.0531. The molecule has 1 fully saturated rings. The van der Waals surface area contributed by atoms with Gasteiger partial charge in [-0.3, -0.25) is 4.79 Å². The van der Waals surface area contributed by atoms with E-state index >= 15 is 0 Å². The minimum atomic E-state index is -0.379. The zero-order valence-electron chi connectivity index (χ0n) is 21.1. The number of fused-ring (bicyclic) bond motifs is 1. The number of hydrogen-bond acceptors (Lipinski definition) is 5. The van der Waals surface area contributed by atoms with Gasteiger partial charge in [-0.25, -0.2) is 4.79 Å². The molecule has 0 aliphatic carbocycles. The van der Waals surface area contributed by atoms with Gasteiger partial charge in [0.1, 0.15) is 0 Å². The van der Waals surface area contributed by atoms with E-state index in [-0.39, 0.29) is 18.5 Å². The topological polar surface area (TPSA) is 68.2 Å². The van der Waals surface area contributed by atoms with Crippen molar-refractivity contribution >= 4 is 29.2 Å². The lowest BCUT2D eigenvalue weighted by Gasteiger charge is -2.26. The predicted octanol–water partition coefficient (Wildman–Crippen LogP) is 5.97. The number of carbonyl (C=O) groups excluding carboxylic acids is 2. The SMILES string of the molecule is Cc1cc(C)c2c(c1Cl)CC(=N\OCC(=O)N1CCCCC1)/C=C/CC(C)C=CCCCOC2=O. The summed E-state index contributed by atoms with van der Waals surface area (Å²) < 4.78 is 5.59. The van der Waals surface area contributed by atoms with Crippen LogP contribution >= 0.6 is 11.6 Å². The van der Waals surface area contributed by atoms with Crippen LogP contribution in [0.25, 0.3) is 0 Å². The van der Waals surface area contributed by atoms with Crippen LogP contribution in [-0.2, 0) is 20.8 Å². The third kappa shape index (κ3) is 7.96. The van der Waals surface area contributed by atoms with Gasteiger partial charge in [-0.2, -0.15) is 0 Å². The zero-order chi connectivity index (χ0) is 25.2. The van der Waals surface area contributed by atoms with Gasteiger partial charge in [-0.1, -0.05) is 48.0 Å². The molecule has 0 saturated carbocycles. The van der Waals surface area contributed by atoms with E-state index in [0.717, 1.165) is 62.7 Å². The van der Waals surface area contributed by atoms with Crippen molar-refractivity contribution in [2.45, 2.75) is 65.7 Å². The number of oxime groups is 1. The average Bonchev–Trinajstić information content (AvgIpc) is 2.84. The summed E-state index contributed by atoms with van der Waals surface area (Å²) in [5, 5.41) is 4.83. The summed E-state index contributed by atoms with van der Waals surface area (Å²) >= 11 is 6.70. The number of likely N-dealkylation sites (tertiary alicyclic amines) is 1. The van der Waals surface area contributed by atoms with E-state index in [9.17, 15) is 9.59 Å². The van der Waals surface area contributed by atoms with Crippen LogP contribution in [0.15, 0.2) is 35.5 Å². The molecular formula is C28H37ClN2O4. The molecule has 2 aliphatic heterocycles. The van der Waals surface area contributed by atoms with Crippen molar-refractivity contribution in [3.05, 3.63) is 57.6 Å². The number of halogens is 1. The van der Waals surface area contributed by atoms with Crippen LogP contribution in [0.2, 0.25) is 5.02 Å². The number of aryl methyl sites for hydroxylation is 2. The van der Waals surface area contributed by atoms with Crippen LogP contribution in [0.4, 0.5) is 0 Å². The number of piperidine rings is 1. The molecule has 1 aromatic rings. The Bertz CT molecular complexity index is 993. The Labute approximate surface area is 214 Å². The lowest BCUT2D eigenvalue weighted by Crippen LogP contribution is -2.37. The van der Waals surface area contributed by atoms with E-state index in [4.69, 9.17) is 21.2 Å². The smallest absolute Gasteiger partial charge is 0.338 e. The Morgan fingerprint density at radius 3 is 2.71 bits per heavy atom. The fraction of sp³-hybridized carbons (Fsp3) is 0.536. The van der Waals surface area contributed by atoms with Crippen LogP contribution in [0, 0.1) is 19.8 Å². The van der Waals surface area contributed by atoms with E-state index in [0.29, 0.717) is 40.8 Å². The fourth-order valence-corrected chi connectivity index (χ4v) is 4.68. The highest BCUT2D eigenvalue weighted by Gasteiger charge is 2.22. The Morgan fingerprint density at radius 1 is 1.17 bits per heavy atom. The standard InChI is InChI=1S/C28H37ClN2O4/c1-20-11-6-4-9-16-34-28(33)26-21(2)17-22(3)27(29)24(26)18-23(13-10-12-20)30-35-19-25(32)31-14-7-5-8-15-31/h6,10-11,13,17,20H,4-5,7-9,12,14-16,18-19H2,1-3H3/b11-6?,13-10+,30-23-. The van der Waals surface area contributed by atoms with Gasteiger partial charge < -0.3 is 14.5 Å². The summed E-state index contributed by atoms with van der Waals surface area (Å²) in [5.41, 5.74) is 3.45. The first kappa shape index (κ1) is 27.0. The Morgan fingerprint density at radius 2 is 1.94 bits per heavy atom. The van der Waals surface area contributed by atoms with Crippen molar-refractivity contribution in [3.8, 4) is 0 Å². The lowest BCUT2D eigenvalue weighted by molar-refractivity contribution is -0.137. The first-order chi connectivity index (χ1) is 16.9. The highest BCUT2D eigenvalue weighted by atomic mass is 35.5. The number of benzene rings is 1. The van der Waals surface area contributed by atoms with Crippen LogP contribution in [0.1, 0.15) is 72.5 Å². The van der Waals surface area contributed by atoms with E-state index in [1.54, 1.807) is 0 Å². The van der Waals surface area contributed by atoms with Crippen LogP contribution in [-0.4, -0.2) is 48.8 Å². The Balaban J connectivity index is 1.88. The number of rotatable bonds is 3. The van der Waals surface area contributed by atoms with Crippen molar-refractivity contribution < 1.29 is 19.2 Å². The second-order valence-corrected chi connectivity index (χ2v) is 9.85. The summed E-state index contributed by atoms with van der Waals surface area (Å²) in [4.78, 5) is 32.9. The predicted molar refractivity (Wildman–Crippen MR) is 140 cm³/mol. The molecule has 1 unspecified atom stereocenters. The molecule has 1 amide bonds. The molecule has 1 aromatic carbocycles. The summed E-state index contributed by atoms with van der Waals surface area (Å²) in [5.74, 6) is -0.0686. The van der Waals surface area contributed by atoms with Crippen molar-refractivity contribution in [2.24, 2.45) is 11.1 Å². The monoisotopic (exact) mass is 500 g/mol. The maximum atomic E-state index is 13.0. The number of amides is 1. The van der Waals surface area contributed by atoms with Crippen molar-refractivity contribution in [1.82, 2.24) is 4.90 Å². The molecule has 6 nitrogen and oxygen atoms in total. The normalized spacial score (nSPS) is 22.1. The quantitative estimate of drug-likeness (QED) is 0.291. The molecule has 1 saturated heterocycles. The summed E-state index contributed by atoms with van der Waals surface area (Å²) in [6.07, 6.45) is 14.2. The Hall–Kier alpha value is -2.60. The highest BCUT2D eigenvalue weighted by molar-refractivity contribution is 6.33. The second-order valence-electron chi connectivity index (χ2n) is 9.47. The van der Waals surface area contributed by atoms with E-state index in [1.165, 1.54) is 0 Å². The number of carbonyl (C=O) groups is 2. The van der Waals surface area contributed by atoms with Gasteiger partial charge in [0.2, 0.25) is 0 Å². The molecule has 0 bridgehead atoms. The molecule has 0 radical (unpaired) electrons. The highest BCUT2D eigenvalue weighted by Crippen LogP contribution is 2.29. The van der Waals surface area contributed by atoms with E-state index in [2.05, 4.69) is 30.3 Å². The van der Waals surface area contributed by atoms with Crippen LogP contribution in [0.5, 0.6) is 0 Å². The summed E-state index contributed by atoms with van der Waals surface area (Å²) in [6.45, 7) is 7.76. The molecule has 1 atom stereocenters. The zero-order valence-corrected chi connectivity index (χ0v) is 21.9. The molecule has 3 rings (SSSR count). The first-order valence-corrected chi connectivity index (χ1v) is 13.0. The number of esters is 1. The molecule has 2 aliphatic rings. The molecule has 190 valence electrons. The summed E-state index contributed by atoms with van der Waals surface area (Å²) in [6, 6.07) is 1.90. The van der Waals surface area contributed by atoms with Crippen molar-refractivity contribution in [3.63, 3.8) is 0 Å². The van der Waals surface area contributed by atoms with Gasteiger partial charge >= 0.3 is 5.97 Å². The van der Waals surface area contributed by atoms with Crippen molar-refractivity contribution in [2.75, 3.05) is 26.3 Å². The molecule has 0 spiro atoms. The van der Waals surface area contributed by atoms with Crippen molar-refractivity contribution in [1.29, 1.82) is 0 Å². The number of ether oxygens (including phenoxy) is 1. The van der Waals surface area contributed by atoms with E-state index in [1.807, 2.05) is 30.9 Å². The largest absolute Gasteiger partial charge is 0.462 e. The van der Waals surface area contributed by atoms with Gasteiger partial charge in [0.15, 0.2) is 6.61 Å². The fourth-order valence-electron chi connectivity index (χ4n) is 4.47. The van der Waals surface area contributed by atoms with Gasteiger partial charge in [0, 0.05) is 24.5 Å². The number of cyclic esters (lactones) is 1. The number of nitrogens with zero attached hydrogens (tertiary/aromatic N) is 2. The first-order valence-electron chi connectivity index (χ1n) is 12.6. The molecule has 0 aromatic heterocycles.